The molecule has 1 aliphatic rings. The van der Waals surface area contributed by atoms with E-state index in [1.165, 1.54) is 0 Å². The monoisotopic (exact) mass is 298 g/mol. The Morgan fingerprint density at radius 1 is 1.35 bits per heavy atom. The van der Waals surface area contributed by atoms with Crippen LogP contribution in [0.25, 0.3) is 0 Å². The molecule has 3 N–H and O–H groups in total. The molecule has 1 atom stereocenters. The largest absolute Gasteiger partial charge is 0.374 e. The topological polar surface area (TPSA) is 81.4 Å². The summed E-state index contributed by atoms with van der Waals surface area (Å²) in [5, 5.41) is 0. The summed E-state index contributed by atoms with van der Waals surface area (Å²) in [7, 11) is -3.48. The van der Waals surface area contributed by atoms with E-state index in [4.69, 9.17) is 10.5 Å². The second-order valence-corrected chi connectivity index (χ2v) is 7.18. The Labute approximate surface area is 120 Å². The molecule has 0 saturated carbocycles. The average molecular weight is 298 g/mol. The van der Waals surface area contributed by atoms with Gasteiger partial charge in [-0.25, -0.2) is 13.1 Å². The van der Waals surface area contributed by atoms with Crippen LogP contribution in [0, 0.1) is 0 Å². The molecule has 0 radical (unpaired) electrons. The second-order valence-electron chi connectivity index (χ2n) is 5.41. The highest BCUT2D eigenvalue weighted by Gasteiger charge is 2.31. The Balaban J connectivity index is 2.02. The number of hydrogen-bond donors (Lipinski definition) is 2. The minimum absolute atomic E-state index is 0.278. The van der Waals surface area contributed by atoms with Gasteiger partial charge in [0.2, 0.25) is 10.0 Å². The van der Waals surface area contributed by atoms with Gasteiger partial charge in [0.25, 0.3) is 0 Å². The number of hydrogen-bond acceptors (Lipinski definition) is 4. The second kappa shape index (κ2) is 6.22. The lowest BCUT2D eigenvalue weighted by molar-refractivity contribution is 0.0250. The van der Waals surface area contributed by atoms with E-state index in [0.29, 0.717) is 19.7 Å². The van der Waals surface area contributed by atoms with Gasteiger partial charge in [-0.2, -0.15) is 0 Å². The van der Waals surface area contributed by atoms with Crippen molar-refractivity contribution >= 4 is 10.0 Å². The molecule has 1 aromatic carbocycles. The van der Waals surface area contributed by atoms with Gasteiger partial charge in [-0.05, 0) is 50.4 Å². The van der Waals surface area contributed by atoms with Crippen LogP contribution in [0.15, 0.2) is 29.2 Å². The zero-order valence-corrected chi connectivity index (χ0v) is 12.6. The van der Waals surface area contributed by atoms with Gasteiger partial charge in [0.1, 0.15) is 0 Å². The summed E-state index contributed by atoms with van der Waals surface area (Å²) < 4.78 is 32.6. The van der Waals surface area contributed by atoms with E-state index in [1.54, 1.807) is 24.3 Å². The molecule has 2 rings (SSSR count). The normalized spacial score (nSPS) is 23.1. The van der Waals surface area contributed by atoms with Crippen molar-refractivity contribution < 1.29 is 13.2 Å². The third kappa shape index (κ3) is 3.79. The molecule has 5 nitrogen and oxygen atoms in total. The molecule has 1 unspecified atom stereocenters. The molecule has 0 aliphatic carbocycles. The van der Waals surface area contributed by atoms with Gasteiger partial charge in [0.15, 0.2) is 0 Å². The molecule has 112 valence electrons. The number of sulfonamides is 1. The minimum Gasteiger partial charge on any atom is -0.374 e. The smallest absolute Gasteiger partial charge is 0.240 e. The van der Waals surface area contributed by atoms with Gasteiger partial charge in [-0.1, -0.05) is 12.1 Å². The molecule has 0 bridgehead atoms. The molecule has 1 aliphatic heterocycles. The molecule has 20 heavy (non-hydrogen) atoms. The van der Waals surface area contributed by atoms with Gasteiger partial charge < -0.3 is 10.5 Å². The summed E-state index contributed by atoms with van der Waals surface area (Å²) in [5.41, 5.74) is 6.13. The highest BCUT2D eigenvalue weighted by Crippen LogP contribution is 2.24. The predicted molar refractivity (Wildman–Crippen MR) is 78.0 cm³/mol. The maximum absolute atomic E-state index is 12.2. The summed E-state index contributed by atoms with van der Waals surface area (Å²) >= 11 is 0. The van der Waals surface area contributed by atoms with Gasteiger partial charge in [-0.3, -0.25) is 0 Å². The van der Waals surface area contributed by atoms with Crippen molar-refractivity contribution in [3.05, 3.63) is 29.8 Å². The molecule has 0 aromatic heterocycles. The number of nitrogens with one attached hydrogen (secondary N) is 1. The van der Waals surface area contributed by atoms with Crippen LogP contribution in [0.1, 0.15) is 25.3 Å². The zero-order chi connectivity index (χ0) is 14.6. The molecule has 1 fully saturated rings. The number of ether oxygens (including phenoxy) is 1. The maximum atomic E-state index is 12.2. The molecular formula is C14H22N2O3S. The van der Waals surface area contributed by atoms with Crippen LogP contribution in [0.5, 0.6) is 0 Å². The van der Waals surface area contributed by atoms with Crippen LogP contribution in [0.3, 0.4) is 0 Å². The quantitative estimate of drug-likeness (QED) is 0.822. The third-order valence-electron chi connectivity index (χ3n) is 3.60. The Hall–Kier alpha value is -0.950. The zero-order valence-electron chi connectivity index (χ0n) is 11.8. The van der Waals surface area contributed by atoms with Crippen LogP contribution in [0.4, 0.5) is 0 Å². The van der Waals surface area contributed by atoms with Crippen LogP contribution < -0.4 is 10.5 Å². The van der Waals surface area contributed by atoms with Crippen LogP contribution >= 0.6 is 0 Å². The van der Waals surface area contributed by atoms with E-state index in [1.807, 2.05) is 6.92 Å². The molecule has 6 heteroatoms. The first-order chi connectivity index (χ1) is 9.45. The summed E-state index contributed by atoms with van der Waals surface area (Å²) in [6.45, 7) is 3.50. The van der Waals surface area contributed by atoms with E-state index in [-0.39, 0.29) is 10.5 Å². The maximum Gasteiger partial charge on any atom is 0.240 e. The highest BCUT2D eigenvalue weighted by atomic mass is 32.2. The van der Waals surface area contributed by atoms with Crippen molar-refractivity contribution in [2.24, 2.45) is 5.73 Å². The van der Waals surface area contributed by atoms with Crippen molar-refractivity contribution in [1.29, 1.82) is 0 Å². The van der Waals surface area contributed by atoms with Gasteiger partial charge >= 0.3 is 0 Å². The average Bonchev–Trinajstić information content (AvgIpc) is 2.85. The van der Waals surface area contributed by atoms with Crippen molar-refractivity contribution in [3.63, 3.8) is 0 Å². The molecule has 0 spiro atoms. The van der Waals surface area contributed by atoms with Gasteiger partial charge in [0, 0.05) is 13.2 Å². The van der Waals surface area contributed by atoms with E-state index in [9.17, 15) is 8.42 Å². The van der Waals surface area contributed by atoms with Crippen molar-refractivity contribution in [2.75, 3.05) is 19.7 Å². The fourth-order valence-corrected chi connectivity index (χ4v) is 3.47. The number of nitrogens with two attached hydrogens (primary N) is 1. The molecular weight excluding hydrogens is 276 g/mol. The third-order valence-corrected chi connectivity index (χ3v) is 5.02. The molecule has 1 aromatic rings. The summed E-state index contributed by atoms with van der Waals surface area (Å²) in [6, 6.07) is 6.83. The van der Waals surface area contributed by atoms with Crippen molar-refractivity contribution in [2.45, 2.75) is 36.7 Å². The molecule has 0 amide bonds. The lowest BCUT2D eigenvalue weighted by atomic mass is 10.0. The summed E-state index contributed by atoms with van der Waals surface area (Å²) in [5.74, 6) is 0. The van der Waals surface area contributed by atoms with Crippen molar-refractivity contribution in [3.8, 4) is 0 Å². The van der Waals surface area contributed by atoms with E-state index in [0.717, 1.165) is 24.8 Å². The fourth-order valence-electron chi connectivity index (χ4n) is 2.31. The summed E-state index contributed by atoms with van der Waals surface area (Å²) in [4.78, 5) is 0.278. The lowest BCUT2D eigenvalue weighted by Crippen LogP contribution is -2.40. The standard InChI is InChI=1S/C14H22N2O3S/c1-14(8-2-10-19-14)11-16-20(17,18)13-5-3-12(4-6-13)7-9-15/h3-6,16H,2,7-11,15H2,1H3. The molecule has 1 heterocycles. The van der Waals surface area contributed by atoms with E-state index in [2.05, 4.69) is 4.72 Å². The van der Waals surface area contributed by atoms with E-state index >= 15 is 0 Å². The van der Waals surface area contributed by atoms with Crippen LogP contribution in [-0.4, -0.2) is 33.7 Å². The van der Waals surface area contributed by atoms with Gasteiger partial charge in [-0.15, -0.1) is 0 Å². The Bertz CT molecular complexity index is 534. The fraction of sp³-hybridized carbons (Fsp3) is 0.571. The Morgan fingerprint density at radius 3 is 2.60 bits per heavy atom. The number of benzene rings is 1. The Kier molecular flexibility index (Phi) is 4.80. The Morgan fingerprint density at radius 2 is 2.05 bits per heavy atom. The molecule has 1 saturated heterocycles. The summed E-state index contributed by atoms with van der Waals surface area (Å²) in [6.07, 6.45) is 2.61. The first kappa shape index (κ1) is 15.4. The number of rotatable bonds is 6. The van der Waals surface area contributed by atoms with Crippen molar-refractivity contribution in [1.82, 2.24) is 4.72 Å². The van der Waals surface area contributed by atoms with E-state index < -0.39 is 10.0 Å². The predicted octanol–water partition coefficient (Wildman–Crippen LogP) is 1.04. The van der Waals surface area contributed by atoms with Crippen LogP contribution in [0.2, 0.25) is 0 Å². The first-order valence-electron chi connectivity index (χ1n) is 6.88. The SMILES string of the molecule is CC1(CNS(=O)(=O)c2ccc(CCN)cc2)CCCO1. The minimum atomic E-state index is -3.48. The first-order valence-corrected chi connectivity index (χ1v) is 8.36. The highest BCUT2D eigenvalue weighted by molar-refractivity contribution is 7.89. The van der Waals surface area contributed by atoms with Crippen LogP contribution in [-0.2, 0) is 21.2 Å². The lowest BCUT2D eigenvalue weighted by Gasteiger charge is -2.23. The van der Waals surface area contributed by atoms with Gasteiger partial charge in [0.05, 0.1) is 10.5 Å².